The molecule has 1 aliphatic heterocycles. The van der Waals surface area contributed by atoms with E-state index in [1.807, 2.05) is 13.8 Å². The number of nitrogens with one attached hydrogen (secondary N) is 1. The number of allylic oxidation sites excluding steroid dienone is 1. The fraction of sp³-hybridized carbons (Fsp3) is 0.761. The Labute approximate surface area is 348 Å². The maximum atomic E-state index is 13.6. The number of aliphatic hydroxyl groups is 6. The van der Waals surface area contributed by atoms with Crippen molar-refractivity contribution < 1.29 is 59.2 Å². The highest BCUT2D eigenvalue weighted by molar-refractivity contribution is 5.86. The third kappa shape index (κ3) is 8.03. The topological polar surface area (TPSA) is 212 Å². The van der Waals surface area contributed by atoms with Crippen LogP contribution in [0.15, 0.2) is 41.5 Å². The monoisotopic (exact) mass is 827 g/mol. The molecule has 1 saturated heterocycles. The largest absolute Gasteiger partial charge is 0.467 e. The molecule has 7 N–H and O–H groups in total. The summed E-state index contributed by atoms with van der Waals surface area (Å²) in [4.78, 5) is 39.4. The third-order valence-corrected chi connectivity index (χ3v) is 16.1. The van der Waals surface area contributed by atoms with Gasteiger partial charge >= 0.3 is 11.9 Å². The minimum Gasteiger partial charge on any atom is -0.467 e. The highest BCUT2D eigenvalue weighted by Gasteiger charge is 2.68. The summed E-state index contributed by atoms with van der Waals surface area (Å²) in [5, 5.41) is 70.7. The molecule has 1 aromatic rings. The van der Waals surface area contributed by atoms with E-state index < -0.39 is 101 Å². The van der Waals surface area contributed by atoms with E-state index in [1.54, 1.807) is 44.2 Å². The number of benzene rings is 1. The number of methoxy groups -OCH3 is 1. The SMILES string of the molecule is COC(=O)[C@H](NC(=O)C[C@](C)(O)CC(=O)O[C@H]1C[C@]2(C)C3=C(CC[C@@H]2C(C)(C)[C@H]1O)[C@]1(C)CC[C@H]([C@H]2CC[C@H](C(C)(C)O)O[C@@H]2O)[C@@]1(C)[C@H](O)C3)[C@@H](O)c1ccccc1. The van der Waals surface area contributed by atoms with Crippen molar-refractivity contribution in [3.05, 3.63) is 47.0 Å². The summed E-state index contributed by atoms with van der Waals surface area (Å²) in [6.45, 7) is 15.3. The number of esters is 2. The number of amides is 1. The van der Waals surface area contributed by atoms with Gasteiger partial charge in [0.05, 0.1) is 49.5 Å². The summed E-state index contributed by atoms with van der Waals surface area (Å²) in [6, 6.07) is 6.82. The summed E-state index contributed by atoms with van der Waals surface area (Å²) in [5.41, 5.74) is -2.27. The lowest BCUT2D eigenvalue weighted by atomic mass is 9.42. The van der Waals surface area contributed by atoms with Crippen molar-refractivity contribution in [1.29, 1.82) is 0 Å². The number of aliphatic hydroxyl groups excluding tert-OH is 4. The van der Waals surface area contributed by atoms with E-state index in [0.29, 0.717) is 31.2 Å². The first-order valence-corrected chi connectivity index (χ1v) is 21.5. The Morgan fingerprint density at radius 1 is 0.932 bits per heavy atom. The number of ether oxygens (including phenoxy) is 3. The average molecular weight is 828 g/mol. The van der Waals surface area contributed by atoms with Gasteiger partial charge in [-0.3, -0.25) is 9.59 Å². The Bertz CT molecular complexity index is 1770. The van der Waals surface area contributed by atoms with Gasteiger partial charge in [0, 0.05) is 11.3 Å². The van der Waals surface area contributed by atoms with Crippen LogP contribution in [0.25, 0.3) is 0 Å². The molecule has 330 valence electrons. The molecule has 59 heavy (non-hydrogen) atoms. The van der Waals surface area contributed by atoms with Gasteiger partial charge in [0.15, 0.2) is 12.3 Å². The summed E-state index contributed by atoms with van der Waals surface area (Å²) in [5.74, 6) is -2.65. The molecule has 4 aliphatic carbocycles. The highest BCUT2D eigenvalue weighted by atomic mass is 16.6. The molecular formula is C46H69NO12. The Kier molecular flexibility index (Phi) is 12.4. The zero-order valence-electron chi connectivity index (χ0n) is 36.4. The van der Waals surface area contributed by atoms with Crippen LogP contribution in [0.5, 0.6) is 0 Å². The molecule has 0 spiro atoms. The molecule has 6 rings (SSSR count). The summed E-state index contributed by atoms with van der Waals surface area (Å²) >= 11 is 0. The summed E-state index contributed by atoms with van der Waals surface area (Å²) < 4.78 is 16.9. The van der Waals surface area contributed by atoms with Crippen LogP contribution >= 0.6 is 0 Å². The Morgan fingerprint density at radius 2 is 1.59 bits per heavy atom. The van der Waals surface area contributed by atoms with Crippen molar-refractivity contribution in [3.8, 4) is 0 Å². The van der Waals surface area contributed by atoms with E-state index in [-0.39, 0.29) is 23.2 Å². The van der Waals surface area contributed by atoms with Crippen LogP contribution in [0.1, 0.15) is 131 Å². The van der Waals surface area contributed by atoms with Gasteiger partial charge in [-0.1, -0.05) is 76.1 Å². The second kappa shape index (κ2) is 16.1. The van der Waals surface area contributed by atoms with Gasteiger partial charge in [-0.2, -0.15) is 0 Å². The molecule has 13 heteroatoms. The molecule has 1 aromatic carbocycles. The van der Waals surface area contributed by atoms with Gasteiger partial charge in [-0.25, -0.2) is 4.79 Å². The first-order valence-electron chi connectivity index (χ1n) is 21.5. The summed E-state index contributed by atoms with van der Waals surface area (Å²) in [6.07, 6.45) is -1.48. The predicted molar refractivity (Wildman–Crippen MR) is 217 cm³/mol. The van der Waals surface area contributed by atoms with Crippen LogP contribution in [0.3, 0.4) is 0 Å². The molecule has 14 atom stereocenters. The zero-order valence-corrected chi connectivity index (χ0v) is 36.4. The van der Waals surface area contributed by atoms with E-state index in [4.69, 9.17) is 14.2 Å². The molecule has 1 amide bonds. The molecule has 5 aliphatic rings. The van der Waals surface area contributed by atoms with Crippen LogP contribution in [-0.2, 0) is 28.6 Å². The van der Waals surface area contributed by atoms with Crippen molar-refractivity contribution in [2.45, 2.75) is 174 Å². The van der Waals surface area contributed by atoms with Crippen molar-refractivity contribution in [2.75, 3.05) is 7.11 Å². The van der Waals surface area contributed by atoms with Crippen LogP contribution < -0.4 is 5.32 Å². The zero-order chi connectivity index (χ0) is 43.7. The number of hydrogen-bond donors (Lipinski definition) is 7. The van der Waals surface area contributed by atoms with Crippen LogP contribution in [0.4, 0.5) is 0 Å². The number of fused-ring (bicyclic) bond motifs is 4. The average Bonchev–Trinajstić information content (AvgIpc) is 3.43. The molecular weight excluding hydrogens is 759 g/mol. The van der Waals surface area contributed by atoms with Crippen molar-refractivity contribution in [3.63, 3.8) is 0 Å². The van der Waals surface area contributed by atoms with Crippen LogP contribution in [-0.4, -0.2) is 104 Å². The molecule has 2 saturated carbocycles. The first kappa shape index (κ1) is 45.6. The molecule has 1 heterocycles. The van der Waals surface area contributed by atoms with Crippen molar-refractivity contribution in [2.24, 2.45) is 39.4 Å². The molecule has 0 bridgehead atoms. The van der Waals surface area contributed by atoms with Gasteiger partial charge in [-0.05, 0) is 106 Å². The van der Waals surface area contributed by atoms with E-state index in [2.05, 4.69) is 26.1 Å². The second-order valence-corrected chi connectivity index (χ2v) is 20.6. The van der Waals surface area contributed by atoms with E-state index in [0.717, 1.165) is 38.4 Å². The first-order chi connectivity index (χ1) is 27.3. The van der Waals surface area contributed by atoms with E-state index in [1.165, 1.54) is 12.5 Å². The van der Waals surface area contributed by atoms with Crippen molar-refractivity contribution >= 4 is 17.8 Å². The minimum absolute atomic E-state index is 0.00619. The minimum atomic E-state index is -1.90. The lowest BCUT2D eigenvalue weighted by Gasteiger charge is -2.64. The smallest absolute Gasteiger partial charge is 0.331 e. The Balaban J connectivity index is 1.18. The maximum absolute atomic E-state index is 13.6. The van der Waals surface area contributed by atoms with Crippen LogP contribution in [0.2, 0.25) is 0 Å². The predicted octanol–water partition coefficient (Wildman–Crippen LogP) is 4.40. The number of carbonyl (C=O) groups excluding carboxylic acids is 3. The van der Waals surface area contributed by atoms with E-state index in [9.17, 15) is 45.0 Å². The Hall–Kier alpha value is -2.91. The Morgan fingerprint density at radius 3 is 2.20 bits per heavy atom. The molecule has 0 unspecified atom stereocenters. The van der Waals surface area contributed by atoms with E-state index >= 15 is 0 Å². The quantitative estimate of drug-likeness (QED) is 0.122. The fourth-order valence-electron chi connectivity index (χ4n) is 12.8. The molecule has 0 aromatic heterocycles. The van der Waals surface area contributed by atoms with Gasteiger partial charge < -0.3 is 50.2 Å². The number of carbonyl (C=O) groups is 3. The number of hydrogen-bond acceptors (Lipinski definition) is 12. The molecule has 13 nitrogen and oxygen atoms in total. The van der Waals surface area contributed by atoms with Gasteiger partial charge in [0.25, 0.3) is 0 Å². The third-order valence-electron chi connectivity index (χ3n) is 16.1. The van der Waals surface area contributed by atoms with Crippen LogP contribution in [0, 0.1) is 39.4 Å². The molecule has 3 fully saturated rings. The maximum Gasteiger partial charge on any atom is 0.331 e. The van der Waals surface area contributed by atoms with Gasteiger partial charge in [-0.15, -0.1) is 0 Å². The number of rotatable bonds is 11. The van der Waals surface area contributed by atoms with Gasteiger partial charge in [0.1, 0.15) is 12.2 Å². The molecule has 0 radical (unpaired) electrons. The summed E-state index contributed by atoms with van der Waals surface area (Å²) in [7, 11) is 1.13. The fourth-order valence-corrected chi connectivity index (χ4v) is 12.8. The lowest BCUT2D eigenvalue weighted by Crippen LogP contribution is -2.62. The lowest BCUT2D eigenvalue weighted by molar-refractivity contribution is -0.251. The normalized spacial score (nSPS) is 38.8. The van der Waals surface area contributed by atoms with Crippen molar-refractivity contribution in [1.82, 2.24) is 5.32 Å². The second-order valence-electron chi connectivity index (χ2n) is 20.6. The van der Waals surface area contributed by atoms with Gasteiger partial charge in [0.2, 0.25) is 5.91 Å². The standard InChI is InChI=1S/C46H69NO12/c1-41(2)31-17-16-28-29(21-32(48)46(8)27(19-20-45(28,46)7)26-15-18-33(42(3,4)55)59-39(26)53)44(31,6)22-30(38(41)52)58-35(50)24-43(5,56)23-34(49)47-36(40(54)57-9)37(51)25-13-11-10-12-14-25/h10-14,26-27,30-33,36-39,48,51-53,55-56H,15-24H2,1-9H3,(H,47,49)/t26-,27-,30+,31-,32-,33-,36-,37+,38+,39+,43+,44-,45+,46+/m1/s1. The highest BCUT2D eigenvalue weighted by Crippen LogP contribution is 2.73.